The Labute approximate surface area is 135 Å². The van der Waals surface area contributed by atoms with Crippen LogP contribution >= 0.6 is 0 Å². The fraction of sp³-hybridized carbons (Fsp3) is 0.471. The van der Waals surface area contributed by atoms with Crippen molar-refractivity contribution >= 4 is 23.6 Å². The van der Waals surface area contributed by atoms with Gasteiger partial charge >= 0.3 is 0 Å². The van der Waals surface area contributed by atoms with Crippen LogP contribution in [0.3, 0.4) is 0 Å². The second kappa shape index (κ2) is 6.40. The zero-order chi connectivity index (χ0) is 16.4. The average Bonchev–Trinajstić information content (AvgIpc) is 2.88. The third-order valence-corrected chi connectivity index (χ3v) is 4.10. The number of Topliss-reactive ketones (excluding diaryl/α,β-unsaturated/α-hetero) is 1. The van der Waals surface area contributed by atoms with Crippen molar-refractivity contribution in [1.82, 2.24) is 4.90 Å². The van der Waals surface area contributed by atoms with E-state index in [0.29, 0.717) is 35.8 Å². The number of carbonyl (C=O) groups is 2. The molecule has 1 aromatic carbocycles. The van der Waals surface area contributed by atoms with Crippen LogP contribution in [0.15, 0.2) is 17.1 Å². The monoisotopic (exact) mass is 316 g/mol. The predicted molar refractivity (Wildman–Crippen MR) is 86.0 cm³/mol. The van der Waals surface area contributed by atoms with E-state index in [2.05, 4.69) is 11.9 Å². The standard InChI is InChI=1S/C17H20N2O4/c1-3-4-5-23-16-8-14-13(7-15(16)22-2)17(21)19-10-12(20)6-11(19)9-18-14/h7-9,11H,3-6,10H2,1-2H3/t11-/m0/s1. The first-order valence-corrected chi connectivity index (χ1v) is 7.85. The van der Waals surface area contributed by atoms with Crippen LogP contribution in [-0.2, 0) is 4.79 Å². The number of unbranched alkanes of at least 4 members (excludes halogenated alkanes) is 1. The van der Waals surface area contributed by atoms with Crippen LogP contribution in [0.4, 0.5) is 5.69 Å². The molecule has 0 unspecified atom stereocenters. The van der Waals surface area contributed by atoms with E-state index in [1.165, 1.54) is 0 Å². The summed E-state index contributed by atoms with van der Waals surface area (Å²) in [5.74, 6) is 0.964. The molecule has 1 atom stereocenters. The molecule has 0 aliphatic carbocycles. The van der Waals surface area contributed by atoms with Crippen molar-refractivity contribution in [3.8, 4) is 11.5 Å². The van der Waals surface area contributed by atoms with E-state index in [4.69, 9.17) is 9.47 Å². The highest BCUT2D eigenvalue weighted by atomic mass is 16.5. The largest absolute Gasteiger partial charge is 0.493 e. The SMILES string of the molecule is CCCCOc1cc2c(cc1OC)C(=O)N1CC(=O)C[C@H]1C=N2. The number of rotatable bonds is 5. The van der Waals surface area contributed by atoms with Crippen LogP contribution in [0.25, 0.3) is 0 Å². The maximum Gasteiger partial charge on any atom is 0.257 e. The van der Waals surface area contributed by atoms with Gasteiger partial charge in [-0.2, -0.15) is 0 Å². The Balaban J connectivity index is 1.95. The van der Waals surface area contributed by atoms with Crippen molar-refractivity contribution in [3.63, 3.8) is 0 Å². The number of hydrogen-bond donors (Lipinski definition) is 0. The van der Waals surface area contributed by atoms with E-state index in [1.807, 2.05) is 0 Å². The summed E-state index contributed by atoms with van der Waals surface area (Å²) >= 11 is 0. The van der Waals surface area contributed by atoms with E-state index >= 15 is 0 Å². The van der Waals surface area contributed by atoms with E-state index in [9.17, 15) is 9.59 Å². The summed E-state index contributed by atoms with van der Waals surface area (Å²) in [5.41, 5.74) is 1.00. The summed E-state index contributed by atoms with van der Waals surface area (Å²) in [5, 5.41) is 0. The highest BCUT2D eigenvalue weighted by molar-refractivity contribution is 6.07. The maximum atomic E-state index is 12.7. The highest BCUT2D eigenvalue weighted by Gasteiger charge is 2.36. The van der Waals surface area contributed by atoms with Gasteiger partial charge in [-0.05, 0) is 12.5 Å². The minimum Gasteiger partial charge on any atom is -0.493 e. The Morgan fingerprint density at radius 3 is 2.87 bits per heavy atom. The number of hydrogen-bond acceptors (Lipinski definition) is 5. The van der Waals surface area contributed by atoms with Crippen molar-refractivity contribution in [1.29, 1.82) is 0 Å². The molecular formula is C17H20N2O4. The van der Waals surface area contributed by atoms with E-state index < -0.39 is 0 Å². The quantitative estimate of drug-likeness (QED) is 0.782. The number of fused-ring (bicyclic) bond motifs is 2. The van der Waals surface area contributed by atoms with Gasteiger partial charge < -0.3 is 14.4 Å². The summed E-state index contributed by atoms with van der Waals surface area (Å²) in [7, 11) is 1.54. The second-order valence-corrected chi connectivity index (χ2v) is 5.74. The zero-order valence-corrected chi connectivity index (χ0v) is 13.4. The fourth-order valence-corrected chi connectivity index (χ4v) is 2.82. The number of nitrogens with zero attached hydrogens (tertiary/aromatic N) is 2. The van der Waals surface area contributed by atoms with E-state index in [1.54, 1.807) is 30.4 Å². The van der Waals surface area contributed by atoms with Crippen molar-refractivity contribution in [2.75, 3.05) is 20.3 Å². The van der Waals surface area contributed by atoms with Gasteiger partial charge in [-0.25, -0.2) is 0 Å². The van der Waals surface area contributed by atoms with Gasteiger partial charge in [-0.15, -0.1) is 0 Å². The summed E-state index contributed by atoms with van der Waals surface area (Å²) < 4.78 is 11.1. The summed E-state index contributed by atoms with van der Waals surface area (Å²) in [6.45, 7) is 2.83. The molecule has 1 fully saturated rings. The molecular weight excluding hydrogens is 296 g/mol. The normalized spacial score (nSPS) is 19.4. The van der Waals surface area contributed by atoms with Crippen LogP contribution in [-0.4, -0.2) is 49.1 Å². The molecule has 0 aromatic heterocycles. The summed E-state index contributed by atoms with van der Waals surface area (Å²) in [6.07, 6.45) is 3.99. The van der Waals surface area contributed by atoms with Crippen molar-refractivity contribution < 1.29 is 19.1 Å². The van der Waals surface area contributed by atoms with Crippen LogP contribution in [0, 0.1) is 0 Å². The van der Waals surface area contributed by atoms with Gasteiger partial charge in [0.25, 0.3) is 5.91 Å². The molecule has 1 saturated heterocycles. The minimum absolute atomic E-state index is 0.0599. The Morgan fingerprint density at radius 2 is 2.13 bits per heavy atom. The van der Waals surface area contributed by atoms with Crippen LogP contribution in [0.1, 0.15) is 36.5 Å². The van der Waals surface area contributed by atoms with Gasteiger partial charge in [0.1, 0.15) is 0 Å². The first-order valence-electron chi connectivity index (χ1n) is 7.85. The smallest absolute Gasteiger partial charge is 0.257 e. The number of amides is 1. The fourth-order valence-electron chi connectivity index (χ4n) is 2.82. The number of benzene rings is 1. The number of ketones is 1. The first kappa shape index (κ1) is 15.5. The molecule has 1 aromatic rings. The Bertz CT molecular complexity index is 669. The average molecular weight is 316 g/mol. The number of methoxy groups -OCH3 is 1. The molecule has 122 valence electrons. The summed E-state index contributed by atoms with van der Waals surface area (Å²) in [6, 6.07) is 3.14. The Morgan fingerprint density at radius 1 is 1.30 bits per heavy atom. The van der Waals surface area contributed by atoms with Crippen LogP contribution in [0.2, 0.25) is 0 Å². The van der Waals surface area contributed by atoms with Crippen molar-refractivity contribution in [3.05, 3.63) is 17.7 Å². The molecule has 3 rings (SSSR count). The van der Waals surface area contributed by atoms with Gasteiger partial charge in [-0.3, -0.25) is 14.6 Å². The lowest BCUT2D eigenvalue weighted by atomic mass is 10.1. The molecule has 0 radical (unpaired) electrons. The topological polar surface area (TPSA) is 68.2 Å². The Kier molecular flexibility index (Phi) is 4.32. The van der Waals surface area contributed by atoms with Crippen molar-refractivity contribution in [2.24, 2.45) is 4.99 Å². The van der Waals surface area contributed by atoms with Crippen LogP contribution < -0.4 is 9.47 Å². The molecule has 2 heterocycles. The third kappa shape index (κ3) is 2.93. The predicted octanol–water partition coefficient (Wildman–Crippen LogP) is 2.37. The lowest BCUT2D eigenvalue weighted by molar-refractivity contribution is -0.116. The van der Waals surface area contributed by atoms with Gasteiger partial charge in [-0.1, -0.05) is 13.3 Å². The molecule has 0 bridgehead atoms. The molecule has 23 heavy (non-hydrogen) atoms. The maximum absolute atomic E-state index is 12.7. The minimum atomic E-state index is -0.252. The van der Waals surface area contributed by atoms with E-state index in [-0.39, 0.29) is 24.3 Å². The molecule has 2 aliphatic heterocycles. The number of carbonyl (C=O) groups excluding carboxylic acids is 2. The number of aliphatic imine (C=N–C) groups is 1. The third-order valence-electron chi connectivity index (χ3n) is 4.10. The lowest BCUT2D eigenvalue weighted by Gasteiger charge is -2.19. The Hall–Kier alpha value is -2.37. The van der Waals surface area contributed by atoms with Gasteiger partial charge in [0.2, 0.25) is 0 Å². The lowest BCUT2D eigenvalue weighted by Crippen LogP contribution is -2.35. The summed E-state index contributed by atoms with van der Waals surface area (Å²) in [4.78, 5) is 30.3. The highest BCUT2D eigenvalue weighted by Crippen LogP contribution is 2.37. The molecule has 2 aliphatic rings. The second-order valence-electron chi connectivity index (χ2n) is 5.74. The molecule has 0 N–H and O–H groups in total. The van der Waals surface area contributed by atoms with Gasteiger partial charge in [0, 0.05) is 18.7 Å². The molecule has 1 amide bonds. The molecule has 6 heteroatoms. The van der Waals surface area contributed by atoms with Crippen molar-refractivity contribution in [2.45, 2.75) is 32.2 Å². The van der Waals surface area contributed by atoms with Crippen LogP contribution in [0.5, 0.6) is 11.5 Å². The van der Waals surface area contributed by atoms with E-state index in [0.717, 1.165) is 12.8 Å². The molecule has 0 spiro atoms. The number of ether oxygens (including phenoxy) is 2. The van der Waals surface area contributed by atoms with Gasteiger partial charge in [0.15, 0.2) is 17.3 Å². The molecule has 6 nitrogen and oxygen atoms in total. The zero-order valence-electron chi connectivity index (χ0n) is 13.4. The van der Waals surface area contributed by atoms with Gasteiger partial charge in [0.05, 0.1) is 37.6 Å². The first-order chi connectivity index (χ1) is 11.1. The molecule has 0 saturated carbocycles.